The number of piperidine rings is 1. The van der Waals surface area contributed by atoms with E-state index in [1.807, 2.05) is 29.2 Å². The minimum Gasteiger partial charge on any atom is -0.325 e. The van der Waals surface area contributed by atoms with Gasteiger partial charge in [0.1, 0.15) is 0 Å². The van der Waals surface area contributed by atoms with E-state index in [9.17, 15) is 9.59 Å². The lowest BCUT2D eigenvalue weighted by molar-refractivity contribution is -0.119. The van der Waals surface area contributed by atoms with Crippen LogP contribution < -0.4 is 15.5 Å². The molecule has 0 bridgehead atoms. The summed E-state index contributed by atoms with van der Waals surface area (Å²) >= 11 is 0. The van der Waals surface area contributed by atoms with Gasteiger partial charge in [-0.1, -0.05) is 6.07 Å². The maximum atomic E-state index is 12.1. The fourth-order valence-corrected chi connectivity index (χ4v) is 2.97. The molecule has 1 aromatic rings. The second kappa shape index (κ2) is 6.26. The van der Waals surface area contributed by atoms with Crippen LogP contribution in [0.25, 0.3) is 0 Å². The number of benzene rings is 1. The first kappa shape index (κ1) is 14.1. The third kappa shape index (κ3) is 3.24. The fourth-order valence-electron chi connectivity index (χ4n) is 2.97. The Bertz CT molecular complexity index is 538. The second-order valence-electron chi connectivity index (χ2n) is 5.69. The lowest BCUT2D eigenvalue weighted by Crippen LogP contribution is -2.36. The van der Waals surface area contributed by atoms with Crippen molar-refractivity contribution in [2.45, 2.75) is 38.1 Å². The van der Waals surface area contributed by atoms with Gasteiger partial charge in [0.15, 0.2) is 0 Å². The molecule has 0 radical (unpaired) electrons. The van der Waals surface area contributed by atoms with Crippen LogP contribution in [0.15, 0.2) is 24.3 Å². The van der Waals surface area contributed by atoms with Crippen molar-refractivity contribution in [1.82, 2.24) is 5.32 Å². The highest BCUT2D eigenvalue weighted by Crippen LogP contribution is 2.24. The van der Waals surface area contributed by atoms with E-state index in [2.05, 4.69) is 10.6 Å². The number of amides is 2. The Morgan fingerprint density at radius 3 is 2.95 bits per heavy atom. The van der Waals surface area contributed by atoms with Gasteiger partial charge in [-0.3, -0.25) is 9.59 Å². The first-order valence-electron chi connectivity index (χ1n) is 7.69. The molecule has 1 aromatic carbocycles. The van der Waals surface area contributed by atoms with Gasteiger partial charge in [-0.2, -0.15) is 0 Å². The molecule has 2 N–H and O–H groups in total. The number of nitrogens with one attached hydrogen (secondary N) is 2. The normalized spacial score (nSPS) is 22.4. The van der Waals surface area contributed by atoms with Crippen molar-refractivity contribution >= 4 is 23.2 Å². The van der Waals surface area contributed by atoms with E-state index in [4.69, 9.17) is 0 Å². The number of carbonyl (C=O) groups excluding carboxylic acids is 2. The minimum atomic E-state index is -0.0923. The van der Waals surface area contributed by atoms with Gasteiger partial charge in [-0.25, -0.2) is 0 Å². The Morgan fingerprint density at radius 2 is 2.19 bits per heavy atom. The molecule has 0 saturated carbocycles. The Labute approximate surface area is 124 Å². The summed E-state index contributed by atoms with van der Waals surface area (Å²) in [5.41, 5.74) is 1.63. The number of hydrogen-bond acceptors (Lipinski definition) is 3. The topological polar surface area (TPSA) is 61.4 Å². The number of nitrogens with zero attached hydrogens (tertiary/aromatic N) is 1. The summed E-state index contributed by atoms with van der Waals surface area (Å²) in [6, 6.07) is 7.47. The molecule has 1 atom stereocenters. The summed E-state index contributed by atoms with van der Waals surface area (Å²) in [6.45, 7) is 1.67. The van der Waals surface area contributed by atoms with Crippen LogP contribution in [0.2, 0.25) is 0 Å². The smallest absolute Gasteiger partial charge is 0.241 e. The molecule has 0 spiro atoms. The van der Waals surface area contributed by atoms with Gasteiger partial charge in [0, 0.05) is 24.3 Å². The molecule has 1 unspecified atom stereocenters. The Kier molecular flexibility index (Phi) is 4.20. The Balaban J connectivity index is 1.70. The molecule has 2 amide bonds. The first-order chi connectivity index (χ1) is 10.2. The molecular formula is C16H21N3O2. The Hall–Kier alpha value is -1.88. The molecule has 2 fully saturated rings. The highest BCUT2D eigenvalue weighted by Gasteiger charge is 2.23. The SMILES string of the molecule is O=C(Nc1cccc(N2CCCCC2=O)c1)C1CCCN1. The molecular weight excluding hydrogens is 266 g/mol. The van der Waals surface area contributed by atoms with Gasteiger partial charge in [0.2, 0.25) is 11.8 Å². The first-order valence-corrected chi connectivity index (χ1v) is 7.69. The van der Waals surface area contributed by atoms with Gasteiger partial charge in [0.25, 0.3) is 0 Å². The fraction of sp³-hybridized carbons (Fsp3) is 0.500. The van der Waals surface area contributed by atoms with Crippen LogP contribution in [-0.2, 0) is 9.59 Å². The van der Waals surface area contributed by atoms with Gasteiger partial charge in [-0.05, 0) is 50.4 Å². The van der Waals surface area contributed by atoms with E-state index >= 15 is 0 Å². The van der Waals surface area contributed by atoms with Crippen molar-refractivity contribution in [2.75, 3.05) is 23.3 Å². The summed E-state index contributed by atoms with van der Waals surface area (Å²) in [5, 5.41) is 6.12. The number of anilines is 2. The van der Waals surface area contributed by atoms with E-state index in [-0.39, 0.29) is 17.9 Å². The van der Waals surface area contributed by atoms with Crippen molar-refractivity contribution in [3.8, 4) is 0 Å². The third-order valence-electron chi connectivity index (χ3n) is 4.13. The standard InChI is InChI=1S/C16H21N3O2/c20-15-8-1-2-10-19(15)13-6-3-5-12(11-13)18-16(21)14-7-4-9-17-14/h3,5-6,11,14,17H,1-2,4,7-10H2,(H,18,21). The highest BCUT2D eigenvalue weighted by atomic mass is 16.2. The predicted molar refractivity (Wildman–Crippen MR) is 82.3 cm³/mol. The molecule has 2 aliphatic heterocycles. The van der Waals surface area contributed by atoms with Crippen LogP contribution in [0, 0.1) is 0 Å². The molecule has 112 valence electrons. The minimum absolute atomic E-state index is 0.00891. The quantitative estimate of drug-likeness (QED) is 0.892. The van der Waals surface area contributed by atoms with Crippen molar-refractivity contribution in [2.24, 2.45) is 0 Å². The summed E-state index contributed by atoms with van der Waals surface area (Å²) in [6.07, 6.45) is 4.55. The van der Waals surface area contributed by atoms with Gasteiger partial charge < -0.3 is 15.5 Å². The zero-order valence-corrected chi connectivity index (χ0v) is 12.1. The van der Waals surface area contributed by atoms with Crippen molar-refractivity contribution in [1.29, 1.82) is 0 Å². The lowest BCUT2D eigenvalue weighted by Gasteiger charge is -2.27. The largest absolute Gasteiger partial charge is 0.325 e. The van der Waals surface area contributed by atoms with E-state index < -0.39 is 0 Å². The van der Waals surface area contributed by atoms with E-state index in [1.165, 1.54) is 0 Å². The molecule has 2 saturated heterocycles. The molecule has 0 aliphatic carbocycles. The van der Waals surface area contributed by atoms with E-state index in [0.29, 0.717) is 6.42 Å². The highest BCUT2D eigenvalue weighted by molar-refractivity contribution is 5.97. The average molecular weight is 287 g/mol. The molecule has 2 aliphatic rings. The predicted octanol–water partition coefficient (Wildman–Crippen LogP) is 1.89. The van der Waals surface area contributed by atoms with Gasteiger partial charge >= 0.3 is 0 Å². The molecule has 21 heavy (non-hydrogen) atoms. The van der Waals surface area contributed by atoms with Crippen LogP contribution in [-0.4, -0.2) is 30.9 Å². The maximum absolute atomic E-state index is 12.1. The van der Waals surface area contributed by atoms with Crippen molar-refractivity contribution in [3.05, 3.63) is 24.3 Å². The van der Waals surface area contributed by atoms with Crippen LogP contribution >= 0.6 is 0 Å². The maximum Gasteiger partial charge on any atom is 0.241 e. The second-order valence-corrected chi connectivity index (χ2v) is 5.69. The van der Waals surface area contributed by atoms with Gasteiger partial charge in [-0.15, -0.1) is 0 Å². The zero-order valence-electron chi connectivity index (χ0n) is 12.1. The third-order valence-corrected chi connectivity index (χ3v) is 4.13. The molecule has 5 heteroatoms. The van der Waals surface area contributed by atoms with Crippen molar-refractivity contribution in [3.63, 3.8) is 0 Å². The van der Waals surface area contributed by atoms with Crippen LogP contribution in [0.1, 0.15) is 32.1 Å². The van der Waals surface area contributed by atoms with Crippen LogP contribution in [0.4, 0.5) is 11.4 Å². The monoisotopic (exact) mass is 287 g/mol. The summed E-state index contributed by atoms with van der Waals surface area (Å²) < 4.78 is 0. The van der Waals surface area contributed by atoms with E-state index in [1.54, 1.807) is 0 Å². The number of rotatable bonds is 3. The Morgan fingerprint density at radius 1 is 1.29 bits per heavy atom. The van der Waals surface area contributed by atoms with E-state index in [0.717, 1.165) is 50.1 Å². The average Bonchev–Trinajstić information content (AvgIpc) is 3.02. The molecule has 2 heterocycles. The van der Waals surface area contributed by atoms with Crippen molar-refractivity contribution < 1.29 is 9.59 Å². The van der Waals surface area contributed by atoms with Crippen LogP contribution in [0.3, 0.4) is 0 Å². The summed E-state index contributed by atoms with van der Waals surface area (Å²) in [5.74, 6) is 0.178. The molecule has 5 nitrogen and oxygen atoms in total. The number of carbonyl (C=O) groups is 2. The molecule has 3 rings (SSSR count). The summed E-state index contributed by atoms with van der Waals surface area (Å²) in [4.78, 5) is 25.9. The molecule has 0 aromatic heterocycles. The number of hydrogen-bond donors (Lipinski definition) is 2. The van der Waals surface area contributed by atoms with Gasteiger partial charge in [0.05, 0.1) is 6.04 Å². The summed E-state index contributed by atoms with van der Waals surface area (Å²) in [7, 11) is 0. The van der Waals surface area contributed by atoms with Crippen LogP contribution in [0.5, 0.6) is 0 Å². The zero-order chi connectivity index (χ0) is 14.7. The lowest BCUT2D eigenvalue weighted by atomic mass is 10.1.